The molecule has 0 bridgehead atoms. The van der Waals surface area contributed by atoms with Gasteiger partial charge in [-0.25, -0.2) is 4.39 Å². The van der Waals surface area contributed by atoms with E-state index in [4.69, 9.17) is 5.11 Å². The summed E-state index contributed by atoms with van der Waals surface area (Å²) in [5.41, 5.74) is 2.17. The standard InChI is InChI=1S/C11H13FO/c1-7-4-2-3-5-8(7)10-9(6-13)11(10)12/h2-5,9-11,13H,6H2,1H3. The van der Waals surface area contributed by atoms with Gasteiger partial charge < -0.3 is 5.11 Å². The van der Waals surface area contributed by atoms with Crippen molar-refractivity contribution in [2.24, 2.45) is 5.92 Å². The molecule has 0 saturated heterocycles. The Morgan fingerprint density at radius 2 is 2.08 bits per heavy atom. The first kappa shape index (κ1) is 8.70. The number of aryl methyl sites for hydroxylation is 1. The largest absolute Gasteiger partial charge is 0.396 e. The third-order valence-electron chi connectivity index (χ3n) is 2.83. The Morgan fingerprint density at radius 1 is 1.38 bits per heavy atom. The lowest BCUT2D eigenvalue weighted by atomic mass is 10.0. The van der Waals surface area contributed by atoms with E-state index in [9.17, 15) is 4.39 Å². The van der Waals surface area contributed by atoms with Crippen molar-refractivity contribution < 1.29 is 9.50 Å². The molecule has 1 aliphatic rings. The van der Waals surface area contributed by atoms with Crippen LogP contribution in [0.25, 0.3) is 0 Å². The number of aliphatic hydroxyl groups excluding tert-OH is 1. The van der Waals surface area contributed by atoms with Gasteiger partial charge in [-0.1, -0.05) is 24.3 Å². The van der Waals surface area contributed by atoms with Gasteiger partial charge in [0.05, 0.1) is 0 Å². The third-order valence-corrected chi connectivity index (χ3v) is 2.83. The van der Waals surface area contributed by atoms with Gasteiger partial charge >= 0.3 is 0 Å². The minimum Gasteiger partial charge on any atom is -0.396 e. The summed E-state index contributed by atoms with van der Waals surface area (Å²) in [7, 11) is 0. The van der Waals surface area contributed by atoms with Crippen molar-refractivity contribution in [3.8, 4) is 0 Å². The highest BCUT2D eigenvalue weighted by Crippen LogP contribution is 2.50. The first-order valence-corrected chi connectivity index (χ1v) is 4.56. The number of rotatable bonds is 2. The Balaban J connectivity index is 2.24. The molecule has 1 nitrogen and oxygen atoms in total. The SMILES string of the molecule is Cc1ccccc1C1C(F)C1CO. The Bertz CT molecular complexity index is 311. The van der Waals surface area contributed by atoms with Crippen LogP contribution in [0, 0.1) is 12.8 Å². The Kier molecular flexibility index (Phi) is 2.08. The van der Waals surface area contributed by atoms with E-state index in [2.05, 4.69) is 0 Å². The molecule has 0 aromatic heterocycles. The van der Waals surface area contributed by atoms with Gasteiger partial charge in [-0.3, -0.25) is 0 Å². The normalized spacial score (nSPS) is 31.8. The molecule has 0 amide bonds. The van der Waals surface area contributed by atoms with E-state index < -0.39 is 6.17 Å². The molecule has 1 aromatic rings. The molecule has 2 rings (SSSR count). The van der Waals surface area contributed by atoms with Crippen molar-refractivity contribution in [3.05, 3.63) is 35.4 Å². The maximum absolute atomic E-state index is 13.1. The van der Waals surface area contributed by atoms with E-state index in [0.29, 0.717) is 0 Å². The van der Waals surface area contributed by atoms with Gasteiger partial charge in [0, 0.05) is 18.4 Å². The molecule has 0 spiro atoms. The molecule has 3 unspecified atom stereocenters. The lowest BCUT2D eigenvalue weighted by molar-refractivity contribution is 0.257. The number of hydrogen-bond acceptors (Lipinski definition) is 1. The summed E-state index contributed by atoms with van der Waals surface area (Å²) in [6.45, 7) is 1.94. The second kappa shape index (κ2) is 3.11. The molecule has 70 valence electrons. The minimum atomic E-state index is -0.842. The average Bonchev–Trinajstić information content (AvgIpc) is 2.77. The third kappa shape index (κ3) is 1.35. The fourth-order valence-electron chi connectivity index (χ4n) is 1.91. The molecule has 0 heterocycles. The van der Waals surface area contributed by atoms with Crippen LogP contribution in [-0.4, -0.2) is 17.9 Å². The summed E-state index contributed by atoms with van der Waals surface area (Å²) >= 11 is 0. The van der Waals surface area contributed by atoms with Crippen molar-refractivity contribution in [1.29, 1.82) is 0 Å². The Labute approximate surface area is 77.2 Å². The zero-order chi connectivity index (χ0) is 9.42. The number of benzene rings is 1. The van der Waals surface area contributed by atoms with Crippen molar-refractivity contribution >= 4 is 0 Å². The maximum Gasteiger partial charge on any atom is 0.113 e. The highest BCUT2D eigenvalue weighted by molar-refractivity contribution is 5.35. The van der Waals surface area contributed by atoms with Crippen molar-refractivity contribution in [2.75, 3.05) is 6.61 Å². The molecule has 1 aliphatic carbocycles. The predicted molar refractivity (Wildman–Crippen MR) is 49.4 cm³/mol. The highest BCUT2D eigenvalue weighted by atomic mass is 19.1. The van der Waals surface area contributed by atoms with Gasteiger partial charge in [0.2, 0.25) is 0 Å². The van der Waals surface area contributed by atoms with Crippen LogP contribution in [0.3, 0.4) is 0 Å². The van der Waals surface area contributed by atoms with Crippen LogP contribution in [0.1, 0.15) is 17.0 Å². The summed E-state index contributed by atoms with van der Waals surface area (Å²) in [5.74, 6) is -0.229. The summed E-state index contributed by atoms with van der Waals surface area (Å²) < 4.78 is 13.1. The van der Waals surface area contributed by atoms with E-state index >= 15 is 0 Å². The van der Waals surface area contributed by atoms with Gasteiger partial charge in [0.15, 0.2) is 0 Å². The Hall–Kier alpha value is -0.890. The lowest BCUT2D eigenvalue weighted by Gasteiger charge is -2.02. The summed E-state index contributed by atoms with van der Waals surface area (Å²) in [4.78, 5) is 0. The van der Waals surface area contributed by atoms with E-state index in [1.807, 2.05) is 31.2 Å². The smallest absolute Gasteiger partial charge is 0.113 e. The topological polar surface area (TPSA) is 20.2 Å². The number of aliphatic hydroxyl groups is 1. The van der Waals surface area contributed by atoms with Crippen molar-refractivity contribution in [1.82, 2.24) is 0 Å². The van der Waals surface area contributed by atoms with Gasteiger partial charge in [0.1, 0.15) is 6.17 Å². The number of alkyl halides is 1. The van der Waals surface area contributed by atoms with E-state index in [1.165, 1.54) is 0 Å². The van der Waals surface area contributed by atoms with Crippen LogP contribution in [0.4, 0.5) is 4.39 Å². The monoisotopic (exact) mass is 180 g/mol. The number of halogens is 1. The second-order valence-electron chi connectivity index (χ2n) is 3.67. The molecule has 0 aliphatic heterocycles. The molecule has 0 radical (unpaired) electrons. The van der Waals surface area contributed by atoms with Crippen LogP contribution in [0.2, 0.25) is 0 Å². The van der Waals surface area contributed by atoms with Gasteiger partial charge in [-0.2, -0.15) is 0 Å². The molecule has 1 N–H and O–H groups in total. The highest BCUT2D eigenvalue weighted by Gasteiger charge is 2.51. The molecule has 2 heteroatoms. The molecular weight excluding hydrogens is 167 g/mol. The predicted octanol–water partition coefficient (Wildman–Crippen LogP) is 2.04. The van der Waals surface area contributed by atoms with Crippen molar-refractivity contribution in [2.45, 2.75) is 19.0 Å². The summed E-state index contributed by atoms with van der Waals surface area (Å²) in [6, 6.07) is 7.79. The van der Waals surface area contributed by atoms with Crippen molar-refractivity contribution in [3.63, 3.8) is 0 Å². The second-order valence-corrected chi connectivity index (χ2v) is 3.67. The van der Waals surface area contributed by atoms with Gasteiger partial charge in [0.25, 0.3) is 0 Å². The van der Waals surface area contributed by atoms with Crippen LogP contribution >= 0.6 is 0 Å². The zero-order valence-corrected chi connectivity index (χ0v) is 7.57. The molecular formula is C11H13FO. The molecule has 13 heavy (non-hydrogen) atoms. The average molecular weight is 180 g/mol. The lowest BCUT2D eigenvalue weighted by Crippen LogP contribution is -1.90. The maximum atomic E-state index is 13.1. The quantitative estimate of drug-likeness (QED) is 0.738. The van der Waals surface area contributed by atoms with Crippen LogP contribution in [-0.2, 0) is 0 Å². The van der Waals surface area contributed by atoms with Gasteiger partial charge in [-0.15, -0.1) is 0 Å². The first-order valence-electron chi connectivity index (χ1n) is 4.56. The molecule has 1 fully saturated rings. The molecule has 1 saturated carbocycles. The van der Waals surface area contributed by atoms with E-state index in [0.717, 1.165) is 11.1 Å². The van der Waals surface area contributed by atoms with Gasteiger partial charge in [-0.05, 0) is 18.1 Å². The minimum absolute atomic E-state index is 0.0415. The fraction of sp³-hybridized carbons (Fsp3) is 0.455. The fourth-order valence-corrected chi connectivity index (χ4v) is 1.91. The van der Waals surface area contributed by atoms with Crippen LogP contribution in [0.5, 0.6) is 0 Å². The number of hydrogen-bond donors (Lipinski definition) is 1. The van der Waals surface area contributed by atoms with E-state index in [-0.39, 0.29) is 18.4 Å². The first-order chi connectivity index (χ1) is 6.25. The van der Waals surface area contributed by atoms with E-state index in [1.54, 1.807) is 0 Å². The van der Waals surface area contributed by atoms with Crippen LogP contribution < -0.4 is 0 Å². The summed E-state index contributed by atoms with van der Waals surface area (Å²) in [5, 5.41) is 8.86. The summed E-state index contributed by atoms with van der Waals surface area (Å²) in [6.07, 6.45) is -0.842. The molecule has 3 atom stereocenters. The molecule has 1 aromatic carbocycles. The van der Waals surface area contributed by atoms with Crippen LogP contribution in [0.15, 0.2) is 24.3 Å². The zero-order valence-electron chi connectivity index (χ0n) is 7.57. The Morgan fingerprint density at radius 3 is 2.62 bits per heavy atom.